The van der Waals surface area contributed by atoms with Crippen molar-refractivity contribution in [3.63, 3.8) is 0 Å². The van der Waals surface area contributed by atoms with Gasteiger partial charge in [-0.05, 0) is 35.4 Å². The van der Waals surface area contributed by atoms with Crippen molar-refractivity contribution in [2.75, 3.05) is 16.0 Å². The minimum atomic E-state index is -0.271. The van der Waals surface area contributed by atoms with Gasteiger partial charge in [0.1, 0.15) is 23.3 Å². The van der Waals surface area contributed by atoms with E-state index < -0.39 is 0 Å². The molecule has 9 heteroatoms. The second-order valence-corrected chi connectivity index (χ2v) is 6.37. The molecule has 0 bridgehead atoms. The molecule has 4 aromatic rings. The van der Waals surface area contributed by atoms with E-state index in [9.17, 15) is 4.39 Å². The highest BCUT2D eigenvalue weighted by atomic mass is 19.1. The Balaban J connectivity index is 1.52. The molecule has 0 atom stereocenters. The van der Waals surface area contributed by atoms with Crippen molar-refractivity contribution in [3.05, 3.63) is 90.4 Å². The molecule has 0 aliphatic carbocycles. The zero-order chi connectivity index (χ0) is 20.6. The molecule has 1 aromatic carbocycles. The lowest BCUT2D eigenvalue weighted by Gasteiger charge is -2.12. The summed E-state index contributed by atoms with van der Waals surface area (Å²) < 4.78 is 13.1. The van der Waals surface area contributed by atoms with Gasteiger partial charge in [-0.25, -0.2) is 9.37 Å². The summed E-state index contributed by atoms with van der Waals surface area (Å²) in [5, 5.41) is 9.59. The average Bonchev–Trinajstić information content (AvgIpc) is 2.79. The van der Waals surface area contributed by atoms with E-state index in [0.717, 1.165) is 11.1 Å². The Labute approximate surface area is 172 Å². The first-order valence-electron chi connectivity index (χ1n) is 9.28. The summed E-state index contributed by atoms with van der Waals surface area (Å²) in [6.07, 6.45) is 8.29. The largest absolute Gasteiger partial charge is 0.366 e. The van der Waals surface area contributed by atoms with E-state index in [1.165, 1.54) is 12.1 Å². The summed E-state index contributed by atoms with van der Waals surface area (Å²) in [5.74, 6) is 1.91. The van der Waals surface area contributed by atoms with E-state index in [1.807, 2.05) is 12.1 Å². The second-order valence-electron chi connectivity index (χ2n) is 6.37. The van der Waals surface area contributed by atoms with Gasteiger partial charge >= 0.3 is 0 Å². The van der Waals surface area contributed by atoms with Crippen LogP contribution in [0.25, 0.3) is 0 Å². The first-order chi connectivity index (χ1) is 14.7. The van der Waals surface area contributed by atoms with Crippen molar-refractivity contribution in [2.45, 2.75) is 13.1 Å². The summed E-state index contributed by atoms with van der Waals surface area (Å²) in [4.78, 5) is 21.3. The maximum atomic E-state index is 13.1. The van der Waals surface area contributed by atoms with Crippen LogP contribution in [-0.2, 0) is 13.1 Å². The molecule has 0 aliphatic heterocycles. The Hall–Kier alpha value is -4.14. The highest BCUT2D eigenvalue weighted by molar-refractivity contribution is 5.58. The van der Waals surface area contributed by atoms with Crippen LogP contribution in [0.1, 0.15) is 11.1 Å². The molecule has 0 saturated heterocycles. The third-order valence-electron chi connectivity index (χ3n) is 4.13. The quantitative estimate of drug-likeness (QED) is 0.410. The lowest BCUT2D eigenvalue weighted by molar-refractivity contribution is 0.627. The summed E-state index contributed by atoms with van der Waals surface area (Å²) in [7, 11) is 0. The van der Waals surface area contributed by atoms with Crippen LogP contribution < -0.4 is 16.0 Å². The predicted molar refractivity (Wildman–Crippen MR) is 113 cm³/mol. The Kier molecular flexibility index (Phi) is 5.99. The fourth-order valence-corrected chi connectivity index (χ4v) is 2.65. The van der Waals surface area contributed by atoms with Gasteiger partial charge in [-0.2, -0.15) is 9.97 Å². The number of nitrogens with one attached hydrogen (secondary N) is 3. The lowest BCUT2D eigenvalue weighted by Crippen LogP contribution is -2.09. The summed E-state index contributed by atoms with van der Waals surface area (Å²) >= 11 is 0. The summed E-state index contributed by atoms with van der Waals surface area (Å²) in [6, 6.07) is 11.9. The fraction of sp³-hybridized carbons (Fsp3) is 0.0952. The van der Waals surface area contributed by atoms with Crippen molar-refractivity contribution in [1.29, 1.82) is 0 Å². The van der Waals surface area contributed by atoms with Gasteiger partial charge in [0.15, 0.2) is 0 Å². The number of anilines is 4. The van der Waals surface area contributed by atoms with Crippen molar-refractivity contribution < 1.29 is 4.39 Å². The predicted octanol–water partition coefficient (Wildman–Crippen LogP) is 3.77. The average molecular weight is 402 g/mol. The second kappa shape index (κ2) is 9.37. The number of hydrogen-bond acceptors (Lipinski definition) is 8. The Morgan fingerprint density at radius 1 is 0.700 bits per heavy atom. The van der Waals surface area contributed by atoms with Crippen molar-refractivity contribution >= 4 is 23.4 Å². The van der Waals surface area contributed by atoms with Crippen LogP contribution in [-0.4, -0.2) is 24.9 Å². The van der Waals surface area contributed by atoms with Crippen molar-refractivity contribution in [3.8, 4) is 0 Å². The first-order valence-corrected chi connectivity index (χ1v) is 9.28. The minimum absolute atomic E-state index is 0.271. The maximum Gasteiger partial charge on any atom is 0.226 e. The maximum absolute atomic E-state index is 13.1. The zero-order valence-electron chi connectivity index (χ0n) is 16.0. The SMILES string of the molecule is Fc1ccc(CNc2nc(NCc3ccncc3)cc(Nc3cnccn3)n2)cc1. The van der Waals surface area contributed by atoms with Gasteiger partial charge in [-0.15, -0.1) is 0 Å². The van der Waals surface area contributed by atoms with Crippen LogP contribution in [0.15, 0.2) is 73.4 Å². The van der Waals surface area contributed by atoms with Gasteiger partial charge in [0.2, 0.25) is 5.95 Å². The first kappa shape index (κ1) is 19.2. The fourth-order valence-electron chi connectivity index (χ4n) is 2.65. The van der Waals surface area contributed by atoms with Crippen molar-refractivity contribution in [1.82, 2.24) is 24.9 Å². The number of nitrogens with zero attached hydrogens (tertiary/aromatic N) is 5. The van der Waals surface area contributed by atoms with Gasteiger partial charge < -0.3 is 16.0 Å². The Morgan fingerprint density at radius 2 is 1.43 bits per heavy atom. The molecule has 150 valence electrons. The van der Waals surface area contributed by atoms with E-state index in [1.54, 1.807) is 49.2 Å². The molecule has 8 nitrogen and oxygen atoms in total. The number of aromatic nitrogens is 5. The molecule has 3 heterocycles. The van der Waals surface area contributed by atoms with Gasteiger partial charge in [0, 0.05) is 43.9 Å². The van der Waals surface area contributed by atoms with Crippen LogP contribution >= 0.6 is 0 Å². The molecule has 4 rings (SSSR count). The molecular formula is C21H19FN8. The van der Waals surface area contributed by atoms with Crippen molar-refractivity contribution in [2.24, 2.45) is 0 Å². The third kappa shape index (κ3) is 5.44. The topological polar surface area (TPSA) is 101 Å². The third-order valence-corrected chi connectivity index (χ3v) is 4.13. The molecule has 0 spiro atoms. The van der Waals surface area contributed by atoms with Gasteiger partial charge in [0.05, 0.1) is 6.20 Å². The van der Waals surface area contributed by atoms with E-state index in [4.69, 9.17) is 0 Å². The molecule has 30 heavy (non-hydrogen) atoms. The molecule has 3 N–H and O–H groups in total. The minimum Gasteiger partial charge on any atom is -0.366 e. The highest BCUT2D eigenvalue weighted by Crippen LogP contribution is 2.19. The number of halogens is 1. The van der Waals surface area contributed by atoms with E-state index in [2.05, 4.69) is 40.9 Å². The summed E-state index contributed by atoms with van der Waals surface area (Å²) in [5.41, 5.74) is 1.99. The normalized spacial score (nSPS) is 10.4. The van der Waals surface area contributed by atoms with E-state index in [-0.39, 0.29) is 5.82 Å². The molecule has 0 aliphatic rings. The highest BCUT2D eigenvalue weighted by Gasteiger charge is 2.07. The molecule has 0 unspecified atom stereocenters. The Morgan fingerprint density at radius 3 is 2.20 bits per heavy atom. The Bertz CT molecular complexity index is 1080. The number of hydrogen-bond donors (Lipinski definition) is 3. The molecule has 3 aromatic heterocycles. The van der Waals surface area contributed by atoms with Gasteiger partial charge in [-0.3, -0.25) is 9.97 Å². The number of benzene rings is 1. The van der Waals surface area contributed by atoms with E-state index in [0.29, 0.717) is 36.5 Å². The van der Waals surface area contributed by atoms with Crippen LogP contribution in [0.4, 0.5) is 27.8 Å². The van der Waals surface area contributed by atoms with Gasteiger partial charge in [-0.1, -0.05) is 12.1 Å². The zero-order valence-corrected chi connectivity index (χ0v) is 16.0. The van der Waals surface area contributed by atoms with Crippen LogP contribution in [0.3, 0.4) is 0 Å². The molecule has 0 amide bonds. The molecular weight excluding hydrogens is 383 g/mol. The van der Waals surface area contributed by atoms with Crippen LogP contribution in [0.5, 0.6) is 0 Å². The standard InChI is InChI=1S/C21H19FN8/c22-17-3-1-15(2-4-17)13-27-21-29-18(26-12-16-5-7-23-8-6-16)11-19(30-21)28-20-14-24-9-10-25-20/h1-11,14H,12-13H2,(H3,25,26,27,28,29,30). The van der Waals surface area contributed by atoms with E-state index >= 15 is 0 Å². The van der Waals surface area contributed by atoms with Gasteiger partial charge in [0.25, 0.3) is 0 Å². The number of rotatable bonds is 8. The molecule has 0 fully saturated rings. The smallest absolute Gasteiger partial charge is 0.226 e. The van der Waals surface area contributed by atoms with Crippen LogP contribution in [0.2, 0.25) is 0 Å². The molecule has 0 saturated carbocycles. The molecule has 0 radical (unpaired) electrons. The monoisotopic (exact) mass is 402 g/mol. The lowest BCUT2D eigenvalue weighted by atomic mass is 10.2. The summed E-state index contributed by atoms with van der Waals surface area (Å²) in [6.45, 7) is 1.04. The number of pyridine rings is 1. The van der Waals surface area contributed by atoms with Crippen LogP contribution in [0, 0.1) is 5.82 Å².